The minimum absolute atomic E-state index is 0. The molecule has 5 rings (SSSR count). The number of ketones is 3. The second kappa shape index (κ2) is 19.1. The van der Waals surface area contributed by atoms with E-state index in [1.54, 1.807) is 6.92 Å². The molecule has 0 saturated carbocycles. The summed E-state index contributed by atoms with van der Waals surface area (Å²) in [4.78, 5) is 50.3. The number of halogens is 2. The lowest BCUT2D eigenvalue weighted by Crippen LogP contribution is -2.53. The maximum atomic E-state index is 13.6. The summed E-state index contributed by atoms with van der Waals surface area (Å²) in [6, 6.07) is 3.64. The highest BCUT2D eigenvalue weighted by Gasteiger charge is 2.50. The monoisotopic (exact) mass is 773 g/mol. The molecule has 1 aliphatic heterocycles. The normalized spacial score (nSPS) is 24.4. The average Bonchev–Trinajstić information content (AvgIpc) is 3.10. The third-order valence-corrected chi connectivity index (χ3v) is 9.47. The molecule has 2 aromatic rings. The van der Waals surface area contributed by atoms with E-state index in [-0.39, 0.29) is 65.1 Å². The van der Waals surface area contributed by atoms with Crippen molar-refractivity contribution in [2.75, 3.05) is 13.7 Å². The van der Waals surface area contributed by atoms with Gasteiger partial charge in [0.2, 0.25) is 11.7 Å². The smallest absolute Gasteiger partial charge is 0.233 e. The van der Waals surface area contributed by atoms with Crippen molar-refractivity contribution in [1.82, 2.24) is 5.43 Å². The topological polar surface area (TPSA) is 261 Å². The van der Waals surface area contributed by atoms with Crippen LogP contribution in [0.5, 0.6) is 17.2 Å². The number of unbranched alkanes of at least 4 members (excludes halogenated alkanes) is 4. The molecule has 2 aromatic carbocycles. The Morgan fingerprint density at radius 1 is 1.04 bits per heavy atom. The third-order valence-electron chi connectivity index (χ3n) is 9.47. The van der Waals surface area contributed by atoms with Crippen molar-refractivity contribution < 1.29 is 58.9 Å². The van der Waals surface area contributed by atoms with E-state index in [2.05, 4.69) is 12.3 Å². The minimum Gasteiger partial charge on any atom is -0.507 e. The van der Waals surface area contributed by atoms with Crippen LogP contribution in [0.1, 0.15) is 114 Å². The number of fused-ring (bicyclic) bond motifs is 3. The van der Waals surface area contributed by atoms with Gasteiger partial charge in [0.25, 0.3) is 0 Å². The van der Waals surface area contributed by atoms with Crippen LogP contribution in [0.2, 0.25) is 0 Å². The predicted molar refractivity (Wildman–Crippen MR) is 192 cm³/mol. The molecule has 3 aliphatic rings. The van der Waals surface area contributed by atoms with Crippen LogP contribution in [0.3, 0.4) is 0 Å². The van der Waals surface area contributed by atoms with Crippen LogP contribution in [0, 0.1) is 0 Å². The Morgan fingerprint density at radius 3 is 2.29 bits per heavy atom. The number of phenols is 2. The van der Waals surface area contributed by atoms with Gasteiger partial charge in [0.1, 0.15) is 29.5 Å². The molecule has 0 bridgehead atoms. The summed E-state index contributed by atoms with van der Waals surface area (Å²) in [5, 5.41) is 53.7. The summed E-state index contributed by atoms with van der Waals surface area (Å²) in [7, 11) is 1.32. The van der Waals surface area contributed by atoms with Crippen molar-refractivity contribution in [3.05, 3.63) is 51.6 Å². The number of hydrogen-bond donors (Lipinski definition) is 8. The summed E-state index contributed by atoms with van der Waals surface area (Å²) < 4.78 is 17.0. The number of methoxy groups -OCH3 is 1. The van der Waals surface area contributed by atoms with Crippen molar-refractivity contribution in [3.63, 3.8) is 0 Å². The Hall–Kier alpha value is -3.38. The van der Waals surface area contributed by atoms with E-state index in [9.17, 15) is 44.7 Å². The Bertz CT molecular complexity index is 1610. The van der Waals surface area contributed by atoms with Crippen LogP contribution in [-0.4, -0.2) is 92.6 Å². The van der Waals surface area contributed by atoms with Crippen molar-refractivity contribution in [3.8, 4) is 17.2 Å². The van der Waals surface area contributed by atoms with E-state index in [1.165, 1.54) is 44.6 Å². The zero-order chi connectivity index (χ0) is 36.9. The van der Waals surface area contributed by atoms with E-state index in [1.807, 2.05) is 0 Å². The van der Waals surface area contributed by atoms with Crippen LogP contribution in [0.15, 0.2) is 18.2 Å². The van der Waals surface area contributed by atoms with E-state index in [4.69, 9.17) is 25.8 Å². The van der Waals surface area contributed by atoms with Gasteiger partial charge in [0.15, 0.2) is 17.9 Å². The number of rotatable bonds is 11. The number of phenolic OH excluding ortho intramolecular Hbond substituents is 2. The lowest BCUT2D eigenvalue weighted by Gasteiger charge is -2.42. The van der Waals surface area contributed by atoms with Gasteiger partial charge in [-0.1, -0.05) is 44.7 Å². The fraction of sp³-hybridized carbons (Fsp3) is 0.543. The maximum absolute atomic E-state index is 13.6. The van der Waals surface area contributed by atoms with E-state index >= 15 is 0 Å². The zero-order valence-corrected chi connectivity index (χ0v) is 30.9. The largest absolute Gasteiger partial charge is 0.507 e. The molecule has 1 amide bonds. The number of aromatic hydroxyl groups is 2. The van der Waals surface area contributed by atoms with Crippen LogP contribution in [0.25, 0.3) is 0 Å². The Morgan fingerprint density at radius 2 is 1.69 bits per heavy atom. The molecule has 52 heavy (non-hydrogen) atoms. The van der Waals surface area contributed by atoms with Gasteiger partial charge in [-0.15, -0.1) is 24.8 Å². The first-order valence-corrected chi connectivity index (χ1v) is 16.7. The van der Waals surface area contributed by atoms with Gasteiger partial charge in [-0.25, -0.2) is 5.84 Å². The van der Waals surface area contributed by atoms with Crippen LogP contribution < -0.4 is 21.7 Å². The molecule has 1 saturated heterocycles. The van der Waals surface area contributed by atoms with Crippen LogP contribution in [0.4, 0.5) is 0 Å². The molecular weight excluding hydrogens is 725 g/mol. The Labute approximate surface area is 313 Å². The molecule has 15 nitrogen and oxygen atoms in total. The molecule has 0 aromatic heterocycles. The number of ether oxygens (including phenoxy) is 3. The highest BCUT2D eigenvalue weighted by Crippen LogP contribution is 2.52. The number of carbonyl (C=O) groups is 4. The molecule has 290 valence electrons. The number of hydrogen-bond acceptors (Lipinski definition) is 14. The van der Waals surface area contributed by atoms with Gasteiger partial charge in [0.05, 0.1) is 42.1 Å². The molecule has 0 spiro atoms. The lowest BCUT2D eigenvalue weighted by molar-refractivity contribution is -0.247. The average molecular weight is 775 g/mol. The number of amides is 1. The molecule has 0 unspecified atom stereocenters. The minimum atomic E-state index is -2.24. The van der Waals surface area contributed by atoms with Crippen LogP contribution in [-0.2, 0) is 25.5 Å². The number of hydrazine groups is 1. The van der Waals surface area contributed by atoms with Crippen molar-refractivity contribution >= 4 is 48.1 Å². The zero-order valence-electron chi connectivity index (χ0n) is 29.3. The third kappa shape index (κ3) is 9.04. The first-order chi connectivity index (χ1) is 23.7. The number of nitrogens with two attached hydrogens (primary N) is 2. The number of Topliss-reactive ketones (excluding diaryl/α,β-unsaturated/α-hetero) is 1. The fourth-order valence-electron chi connectivity index (χ4n) is 6.71. The first-order valence-electron chi connectivity index (χ1n) is 16.7. The summed E-state index contributed by atoms with van der Waals surface area (Å²) in [5.74, 6) is 1.08. The standard InChI is InChI=1S/C27H29NO11.C8H18N2O.2ClH/c1-10-22(31)13(28)6-17(38-10)39-15-8-27(36,16(30)9-29)7-12-19(15)26(35)21-20(24(12)33)23(32)11-4-3-5-14(37-2)18(11)25(21)34;1-2-3-4-5-6-7-8(11)10-9;;/h3-5,10,13,15,17,22,29,31,33,35-36H,6-9,28H2,1-2H3;2-7,9H2,1H3,(H,10,11);2*1H/t10-,13-,15-,17-,22+,27-;;;/m0.../s1. The number of aliphatic hydroxyl groups is 3. The van der Waals surface area contributed by atoms with E-state index in [0.29, 0.717) is 6.42 Å². The number of nitrogens with one attached hydrogen (secondary N) is 1. The van der Waals surface area contributed by atoms with Crippen LogP contribution >= 0.6 is 24.8 Å². The van der Waals surface area contributed by atoms with Crippen molar-refractivity contribution in [2.24, 2.45) is 11.6 Å². The predicted octanol–water partition coefficient (Wildman–Crippen LogP) is 2.18. The van der Waals surface area contributed by atoms with E-state index < -0.39 is 95.7 Å². The van der Waals surface area contributed by atoms with Crippen molar-refractivity contribution in [1.29, 1.82) is 0 Å². The summed E-state index contributed by atoms with van der Waals surface area (Å²) in [6.45, 7) is 2.73. The molecule has 10 N–H and O–H groups in total. The van der Waals surface area contributed by atoms with E-state index in [0.717, 1.165) is 12.8 Å². The molecule has 1 heterocycles. The second-order valence-electron chi connectivity index (χ2n) is 12.9. The first kappa shape index (κ1) is 44.8. The quantitative estimate of drug-likeness (QED) is 0.0457. The second-order valence-corrected chi connectivity index (χ2v) is 12.9. The summed E-state index contributed by atoms with van der Waals surface area (Å²) >= 11 is 0. The fourth-order valence-corrected chi connectivity index (χ4v) is 6.71. The molecule has 6 atom stereocenters. The van der Waals surface area contributed by atoms with Gasteiger partial charge in [-0.2, -0.15) is 0 Å². The SMILES string of the molecule is CCCCCCCC(=O)NN.COc1cccc2c1C(=O)c1c(O)c3c(c(O)c1C2=O)C[C@@](O)(C(=O)CO)C[C@@H]3O[C@H]1C[C@H](N)[C@H](O)[C@H](C)O1.Cl.Cl. The Balaban J connectivity index is 0.000000627. The number of aliphatic hydroxyl groups excluding tert-OH is 2. The summed E-state index contributed by atoms with van der Waals surface area (Å²) in [5.41, 5.74) is 4.49. The van der Waals surface area contributed by atoms with Gasteiger partial charge in [-0.05, 0) is 19.4 Å². The van der Waals surface area contributed by atoms with Gasteiger partial charge >= 0.3 is 0 Å². The molecule has 0 radical (unpaired) electrons. The number of carbonyl (C=O) groups excluding carboxylic acids is 4. The molecule has 2 aliphatic carbocycles. The molecule has 1 fully saturated rings. The lowest BCUT2D eigenvalue weighted by atomic mass is 9.72. The number of benzene rings is 2. The maximum Gasteiger partial charge on any atom is 0.233 e. The van der Waals surface area contributed by atoms with Gasteiger partial charge in [-0.3, -0.25) is 24.6 Å². The highest BCUT2D eigenvalue weighted by molar-refractivity contribution is 6.31. The highest BCUT2D eigenvalue weighted by atomic mass is 35.5. The van der Waals surface area contributed by atoms with Gasteiger partial charge in [0, 0.05) is 48.4 Å². The molecular formula is C35H49Cl2N3O12. The summed E-state index contributed by atoms with van der Waals surface area (Å²) in [6.07, 6.45) is 1.29. The molecule has 17 heteroatoms. The van der Waals surface area contributed by atoms with Crippen molar-refractivity contribution in [2.45, 2.75) is 108 Å². The Kier molecular flexibility index (Phi) is 16.4. The van der Waals surface area contributed by atoms with Gasteiger partial charge < -0.3 is 45.5 Å².